The van der Waals surface area contributed by atoms with Gasteiger partial charge in [0.1, 0.15) is 5.75 Å². The van der Waals surface area contributed by atoms with Gasteiger partial charge in [-0.2, -0.15) is 5.10 Å². The summed E-state index contributed by atoms with van der Waals surface area (Å²) in [6, 6.07) is 10.6. The second-order valence-electron chi connectivity index (χ2n) is 5.21. The van der Waals surface area contributed by atoms with Crippen LogP contribution < -0.4 is 10.2 Å². The minimum Gasteiger partial charge on any atom is -0.493 e. The summed E-state index contributed by atoms with van der Waals surface area (Å²) >= 11 is 0. The highest BCUT2D eigenvalue weighted by Gasteiger charge is 2.04. The first kappa shape index (κ1) is 15.7. The Morgan fingerprint density at radius 3 is 2.73 bits per heavy atom. The molecule has 5 nitrogen and oxygen atoms in total. The van der Waals surface area contributed by atoms with E-state index < -0.39 is 0 Å². The van der Waals surface area contributed by atoms with Crippen molar-refractivity contribution in [1.29, 1.82) is 0 Å². The van der Waals surface area contributed by atoms with Crippen molar-refractivity contribution in [3.8, 4) is 5.75 Å². The lowest BCUT2D eigenvalue weighted by atomic mass is 10.2. The highest BCUT2D eigenvalue weighted by atomic mass is 16.5. The first-order valence-electron chi connectivity index (χ1n) is 7.11. The highest BCUT2D eigenvalue weighted by Crippen LogP contribution is 2.13. The molecular weight excluding hydrogens is 278 g/mol. The van der Waals surface area contributed by atoms with Crippen molar-refractivity contribution in [2.45, 2.75) is 13.8 Å². The number of nitrogens with zero attached hydrogens (tertiary/aromatic N) is 2. The van der Waals surface area contributed by atoms with Crippen LogP contribution in [0, 0.1) is 5.92 Å². The number of amides is 1. The zero-order valence-electron chi connectivity index (χ0n) is 12.7. The Balaban J connectivity index is 1.88. The van der Waals surface area contributed by atoms with Crippen LogP contribution in [0.5, 0.6) is 5.75 Å². The van der Waals surface area contributed by atoms with E-state index >= 15 is 0 Å². The van der Waals surface area contributed by atoms with E-state index in [9.17, 15) is 4.79 Å². The fraction of sp³-hybridized carbons (Fsp3) is 0.235. The number of ether oxygens (including phenoxy) is 1. The van der Waals surface area contributed by atoms with Crippen molar-refractivity contribution in [3.05, 3.63) is 59.9 Å². The van der Waals surface area contributed by atoms with Crippen LogP contribution in [0.1, 0.15) is 29.8 Å². The molecule has 5 heteroatoms. The van der Waals surface area contributed by atoms with Gasteiger partial charge < -0.3 is 4.74 Å². The van der Waals surface area contributed by atoms with Crippen LogP contribution in [0.2, 0.25) is 0 Å². The quantitative estimate of drug-likeness (QED) is 0.658. The Bertz CT molecular complexity index is 622. The molecule has 0 aliphatic heterocycles. The van der Waals surface area contributed by atoms with Gasteiger partial charge in [-0.05, 0) is 36.2 Å². The van der Waals surface area contributed by atoms with Crippen LogP contribution in [0.15, 0.2) is 53.9 Å². The Labute approximate surface area is 130 Å². The molecule has 0 fully saturated rings. The minimum absolute atomic E-state index is 0.268. The summed E-state index contributed by atoms with van der Waals surface area (Å²) in [5, 5.41) is 3.90. The Kier molecular flexibility index (Phi) is 5.65. The smallest absolute Gasteiger partial charge is 0.271 e. The number of carbonyl (C=O) groups excluding carboxylic acids is 1. The van der Waals surface area contributed by atoms with E-state index in [2.05, 4.69) is 29.4 Å². The van der Waals surface area contributed by atoms with E-state index in [0.717, 1.165) is 11.3 Å². The van der Waals surface area contributed by atoms with Crippen LogP contribution in [0.3, 0.4) is 0 Å². The van der Waals surface area contributed by atoms with Crippen molar-refractivity contribution in [2.75, 3.05) is 6.61 Å². The standard InChI is InChI=1S/C17H19N3O2/c1-13(2)12-22-16-7-5-15(6-8-16)17(21)20-19-11-14-4-3-9-18-10-14/h3-11,13H,12H2,1-2H3,(H,20,21). The summed E-state index contributed by atoms with van der Waals surface area (Å²) in [4.78, 5) is 15.9. The topological polar surface area (TPSA) is 63.6 Å². The number of rotatable bonds is 6. The number of hydrogen-bond donors (Lipinski definition) is 1. The zero-order valence-corrected chi connectivity index (χ0v) is 12.7. The van der Waals surface area contributed by atoms with Gasteiger partial charge in [-0.1, -0.05) is 19.9 Å². The van der Waals surface area contributed by atoms with Crippen molar-refractivity contribution in [3.63, 3.8) is 0 Å². The molecule has 0 saturated carbocycles. The fourth-order valence-electron chi connectivity index (χ4n) is 1.65. The highest BCUT2D eigenvalue weighted by molar-refractivity contribution is 5.94. The normalized spacial score (nSPS) is 10.9. The second kappa shape index (κ2) is 7.93. The van der Waals surface area contributed by atoms with E-state index in [4.69, 9.17) is 4.74 Å². The van der Waals surface area contributed by atoms with E-state index in [0.29, 0.717) is 18.1 Å². The van der Waals surface area contributed by atoms with Crippen molar-refractivity contribution >= 4 is 12.1 Å². The molecule has 0 aliphatic rings. The van der Waals surface area contributed by atoms with Crippen molar-refractivity contribution < 1.29 is 9.53 Å². The molecule has 2 aromatic rings. The number of nitrogens with one attached hydrogen (secondary N) is 1. The Morgan fingerprint density at radius 2 is 2.09 bits per heavy atom. The number of hydrogen-bond acceptors (Lipinski definition) is 4. The Hall–Kier alpha value is -2.69. The van der Waals surface area contributed by atoms with Crippen LogP contribution >= 0.6 is 0 Å². The van der Waals surface area contributed by atoms with E-state index in [-0.39, 0.29) is 5.91 Å². The summed E-state index contributed by atoms with van der Waals surface area (Å²) in [6.07, 6.45) is 4.89. The van der Waals surface area contributed by atoms with E-state index in [1.165, 1.54) is 0 Å². The second-order valence-corrected chi connectivity index (χ2v) is 5.21. The third kappa shape index (κ3) is 5.01. The summed E-state index contributed by atoms with van der Waals surface area (Å²) in [6.45, 7) is 4.82. The third-order valence-electron chi connectivity index (χ3n) is 2.76. The lowest BCUT2D eigenvalue weighted by Crippen LogP contribution is -2.17. The van der Waals surface area contributed by atoms with Crippen molar-refractivity contribution in [2.24, 2.45) is 11.0 Å². The molecule has 1 N–H and O–H groups in total. The largest absolute Gasteiger partial charge is 0.493 e. The average molecular weight is 297 g/mol. The van der Waals surface area contributed by atoms with Gasteiger partial charge in [0.2, 0.25) is 0 Å². The van der Waals surface area contributed by atoms with Crippen LogP contribution in [0.25, 0.3) is 0 Å². The van der Waals surface area contributed by atoms with Gasteiger partial charge in [0, 0.05) is 23.5 Å². The van der Waals surface area contributed by atoms with Gasteiger partial charge >= 0.3 is 0 Å². The molecular formula is C17H19N3O2. The van der Waals surface area contributed by atoms with Gasteiger partial charge in [0.15, 0.2) is 0 Å². The Morgan fingerprint density at radius 1 is 1.32 bits per heavy atom. The molecule has 0 spiro atoms. The van der Waals surface area contributed by atoms with Crippen molar-refractivity contribution in [1.82, 2.24) is 10.4 Å². The summed E-state index contributed by atoms with van der Waals surface area (Å²) in [5.74, 6) is 0.949. The molecule has 1 amide bonds. The maximum atomic E-state index is 11.9. The summed E-state index contributed by atoms with van der Waals surface area (Å²) in [7, 11) is 0. The van der Waals surface area contributed by atoms with Gasteiger partial charge in [-0.25, -0.2) is 5.43 Å². The molecule has 0 radical (unpaired) electrons. The molecule has 1 heterocycles. The van der Waals surface area contributed by atoms with Gasteiger partial charge in [0.25, 0.3) is 5.91 Å². The summed E-state index contributed by atoms with van der Waals surface area (Å²) in [5.41, 5.74) is 3.83. The van der Waals surface area contributed by atoms with Crippen LogP contribution in [0.4, 0.5) is 0 Å². The molecule has 0 unspecified atom stereocenters. The minimum atomic E-state index is -0.268. The van der Waals surface area contributed by atoms with Crippen LogP contribution in [-0.4, -0.2) is 23.7 Å². The number of benzene rings is 1. The number of carbonyl (C=O) groups is 1. The molecule has 0 atom stereocenters. The van der Waals surface area contributed by atoms with E-state index in [1.54, 1.807) is 48.9 Å². The molecule has 1 aromatic carbocycles. The first-order valence-corrected chi connectivity index (χ1v) is 7.11. The molecule has 2 rings (SSSR count). The average Bonchev–Trinajstić information content (AvgIpc) is 2.54. The number of hydrazone groups is 1. The molecule has 0 aliphatic carbocycles. The number of aromatic nitrogens is 1. The third-order valence-corrected chi connectivity index (χ3v) is 2.76. The molecule has 0 saturated heterocycles. The predicted octanol–water partition coefficient (Wildman–Crippen LogP) is 2.88. The predicted molar refractivity (Wildman–Crippen MR) is 86.1 cm³/mol. The molecule has 114 valence electrons. The van der Waals surface area contributed by atoms with Gasteiger partial charge in [-0.15, -0.1) is 0 Å². The first-order chi connectivity index (χ1) is 10.6. The molecule has 0 bridgehead atoms. The zero-order chi connectivity index (χ0) is 15.8. The fourth-order valence-corrected chi connectivity index (χ4v) is 1.65. The lowest BCUT2D eigenvalue weighted by molar-refractivity contribution is 0.0955. The number of pyridine rings is 1. The van der Waals surface area contributed by atoms with Gasteiger partial charge in [0.05, 0.1) is 12.8 Å². The molecule has 1 aromatic heterocycles. The maximum absolute atomic E-state index is 11.9. The van der Waals surface area contributed by atoms with Crippen LogP contribution in [-0.2, 0) is 0 Å². The SMILES string of the molecule is CC(C)COc1ccc(C(=O)NN=Cc2cccnc2)cc1. The maximum Gasteiger partial charge on any atom is 0.271 e. The van der Waals surface area contributed by atoms with E-state index in [1.807, 2.05) is 6.07 Å². The monoisotopic (exact) mass is 297 g/mol. The summed E-state index contributed by atoms with van der Waals surface area (Å²) < 4.78 is 5.57. The molecule has 22 heavy (non-hydrogen) atoms. The van der Waals surface area contributed by atoms with Gasteiger partial charge in [-0.3, -0.25) is 9.78 Å². The lowest BCUT2D eigenvalue weighted by Gasteiger charge is -2.08.